The molecule has 108 valence electrons. The van der Waals surface area contributed by atoms with E-state index in [1.54, 1.807) is 13.0 Å². The van der Waals surface area contributed by atoms with Crippen LogP contribution in [0.4, 0.5) is 5.88 Å². The lowest BCUT2D eigenvalue weighted by Gasteiger charge is -2.25. The fraction of sp³-hybridized carbons (Fsp3) is 0.500. The Bertz CT molecular complexity index is 547. The Hall–Kier alpha value is -2.11. The number of nitrogens with zero attached hydrogens (tertiary/aromatic N) is 1. The predicted octanol–water partition coefficient (Wildman–Crippen LogP) is 2.07. The Labute approximate surface area is 117 Å². The summed E-state index contributed by atoms with van der Waals surface area (Å²) in [6.45, 7) is 5.68. The van der Waals surface area contributed by atoms with Crippen LogP contribution >= 0.6 is 0 Å². The summed E-state index contributed by atoms with van der Waals surface area (Å²) in [5.74, 6) is -1.02. The van der Waals surface area contributed by atoms with Gasteiger partial charge in [-0.3, -0.25) is 9.59 Å². The van der Waals surface area contributed by atoms with Crippen LogP contribution in [0.3, 0.4) is 0 Å². The zero-order valence-corrected chi connectivity index (χ0v) is 11.8. The molecule has 0 unspecified atom stereocenters. The number of ether oxygens (including phenoxy) is 1. The molecule has 1 heterocycles. The Morgan fingerprint density at radius 1 is 1.60 bits per heavy atom. The number of aromatic nitrogens is 1. The summed E-state index contributed by atoms with van der Waals surface area (Å²) >= 11 is 0. The molecule has 0 radical (unpaired) electrons. The molecule has 20 heavy (non-hydrogen) atoms. The fourth-order valence-electron chi connectivity index (χ4n) is 2.31. The van der Waals surface area contributed by atoms with E-state index < -0.39 is 11.9 Å². The number of carbonyl (C=O) groups excluding carboxylic acids is 2. The zero-order chi connectivity index (χ0) is 14.7. The summed E-state index contributed by atoms with van der Waals surface area (Å²) < 4.78 is 9.99. The van der Waals surface area contributed by atoms with Crippen LogP contribution in [0.2, 0.25) is 0 Å². The van der Waals surface area contributed by atoms with E-state index in [1.807, 2.05) is 13.8 Å². The third kappa shape index (κ3) is 3.07. The smallest absolute Gasteiger partial charge is 0.317 e. The summed E-state index contributed by atoms with van der Waals surface area (Å²) in [4.78, 5) is 23.8. The maximum atomic E-state index is 12.1. The zero-order valence-electron chi connectivity index (χ0n) is 11.8. The Morgan fingerprint density at radius 2 is 2.35 bits per heavy atom. The number of anilines is 1. The van der Waals surface area contributed by atoms with Crippen molar-refractivity contribution in [3.05, 3.63) is 23.5 Å². The number of carbonyl (C=O) groups is 2. The van der Waals surface area contributed by atoms with Crippen LogP contribution in [0.25, 0.3) is 0 Å². The highest BCUT2D eigenvalue weighted by Gasteiger charge is 2.36. The van der Waals surface area contributed by atoms with Gasteiger partial charge < -0.3 is 14.6 Å². The van der Waals surface area contributed by atoms with E-state index in [1.165, 1.54) is 6.08 Å². The van der Waals surface area contributed by atoms with Gasteiger partial charge in [-0.25, -0.2) is 0 Å². The number of aryl methyl sites for hydroxylation is 1. The first kappa shape index (κ1) is 14.3. The van der Waals surface area contributed by atoms with Crippen molar-refractivity contribution >= 4 is 17.6 Å². The highest BCUT2D eigenvalue weighted by Crippen LogP contribution is 2.29. The van der Waals surface area contributed by atoms with Gasteiger partial charge in [-0.15, -0.1) is 0 Å². The summed E-state index contributed by atoms with van der Waals surface area (Å²) in [7, 11) is 0. The van der Waals surface area contributed by atoms with Crippen LogP contribution in [0.5, 0.6) is 0 Å². The van der Waals surface area contributed by atoms with Gasteiger partial charge in [-0.1, -0.05) is 12.1 Å². The quantitative estimate of drug-likeness (QED) is 0.670. The van der Waals surface area contributed by atoms with Crippen molar-refractivity contribution in [1.29, 1.82) is 0 Å². The molecule has 0 amide bonds. The minimum atomic E-state index is -0.711. The third-order valence-electron chi connectivity index (χ3n) is 3.19. The number of rotatable bonds is 4. The molecule has 6 nitrogen and oxygen atoms in total. The first-order valence-electron chi connectivity index (χ1n) is 6.62. The molecule has 0 saturated carbocycles. The van der Waals surface area contributed by atoms with E-state index in [0.717, 1.165) is 11.4 Å². The minimum absolute atomic E-state index is 0.113. The molecule has 1 aliphatic carbocycles. The van der Waals surface area contributed by atoms with E-state index >= 15 is 0 Å². The molecule has 0 fully saturated rings. The van der Waals surface area contributed by atoms with Crippen LogP contribution in [0.15, 0.2) is 22.4 Å². The van der Waals surface area contributed by atoms with Crippen LogP contribution in [-0.2, 0) is 14.3 Å². The van der Waals surface area contributed by atoms with Crippen LogP contribution < -0.4 is 5.32 Å². The number of hydrogen-bond donors (Lipinski definition) is 1. The van der Waals surface area contributed by atoms with Crippen molar-refractivity contribution in [2.75, 3.05) is 11.9 Å². The van der Waals surface area contributed by atoms with Crippen molar-refractivity contribution in [3.8, 4) is 0 Å². The maximum absolute atomic E-state index is 12.1. The average molecular weight is 278 g/mol. The molecule has 0 aliphatic heterocycles. The van der Waals surface area contributed by atoms with Crippen molar-refractivity contribution in [2.24, 2.45) is 11.8 Å². The molecular formula is C14H18N2O4. The first-order valence-corrected chi connectivity index (χ1v) is 6.62. The molecule has 1 aromatic heterocycles. The number of allylic oxidation sites excluding steroid dienone is 2. The molecule has 1 N–H and O–H groups in total. The van der Waals surface area contributed by atoms with E-state index in [9.17, 15) is 9.59 Å². The fourth-order valence-corrected chi connectivity index (χ4v) is 2.31. The van der Waals surface area contributed by atoms with Gasteiger partial charge in [-0.05, 0) is 26.2 Å². The van der Waals surface area contributed by atoms with Crippen molar-refractivity contribution in [3.63, 3.8) is 0 Å². The lowest BCUT2D eigenvalue weighted by molar-refractivity contribution is -0.152. The number of hydrogen-bond acceptors (Lipinski definition) is 6. The second-order valence-corrected chi connectivity index (χ2v) is 4.94. The van der Waals surface area contributed by atoms with Gasteiger partial charge >= 0.3 is 5.97 Å². The van der Waals surface area contributed by atoms with Crippen LogP contribution in [0, 0.1) is 18.8 Å². The molecule has 0 saturated heterocycles. The van der Waals surface area contributed by atoms with Gasteiger partial charge in [0.25, 0.3) is 0 Å². The van der Waals surface area contributed by atoms with Gasteiger partial charge in [0.2, 0.25) is 5.88 Å². The Kier molecular flexibility index (Phi) is 4.22. The minimum Gasteiger partial charge on any atom is -0.465 e. The molecule has 0 aromatic carbocycles. The third-order valence-corrected chi connectivity index (χ3v) is 3.19. The van der Waals surface area contributed by atoms with E-state index in [0.29, 0.717) is 12.3 Å². The normalized spacial score (nSPS) is 22.4. The molecule has 6 heteroatoms. The topological polar surface area (TPSA) is 81.4 Å². The van der Waals surface area contributed by atoms with Crippen molar-refractivity contribution in [2.45, 2.75) is 27.2 Å². The lowest BCUT2D eigenvalue weighted by atomic mass is 9.82. The van der Waals surface area contributed by atoms with Crippen LogP contribution in [0.1, 0.15) is 26.0 Å². The van der Waals surface area contributed by atoms with Crippen LogP contribution in [-0.4, -0.2) is 23.5 Å². The van der Waals surface area contributed by atoms with Gasteiger partial charge in [0.1, 0.15) is 5.92 Å². The first-order chi connectivity index (χ1) is 9.51. The van der Waals surface area contributed by atoms with Gasteiger partial charge in [-0.2, -0.15) is 0 Å². The number of esters is 1. The van der Waals surface area contributed by atoms with Gasteiger partial charge in [0, 0.05) is 17.8 Å². The summed E-state index contributed by atoms with van der Waals surface area (Å²) in [6, 6.07) is 1.74. The predicted molar refractivity (Wildman–Crippen MR) is 71.9 cm³/mol. The maximum Gasteiger partial charge on any atom is 0.317 e. The molecule has 1 aliphatic rings. The molecule has 1 aromatic rings. The molecular weight excluding hydrogens is 260 g/mol. The standard InChI is InChI=1S/C14H18N2O4/c1-4-19-14(18)13-8(2)5-10(7-11(13)17)15-12-6-9(3)16-20-12/h6-8,13,15H,4-5H2,1-3H3/t8-,13+/m1/s1. The summed E-state index contributed by atoms with van der Waals surface area (Å²) in [5, 5.41) is 6.78. The monoisotopic (exact) mass is 278 g/mol. The molecule has 2 rings (SSSR count). The highest BCUT2D eigenvalue weighted by molar-refractivity contribution is 6.06. The average Bonchev–Trinajstić information content (AvgIpc) is 2.74. The summed E-state index contributed by atoms with van der Waals surface area (Å²) in [5.41, 5.74) is 1.48. The van der Waals surface area contributed by atoms with Gasteiger partial charge in [0.05, 0.1) is 12.3 Å². The number of nitrogens with one attached hydrogen (secondary N) is 1. The lowest BCUT2D eigenvalue weighted by Crippen LogP contribution is -2.34. The van der Waals surface area contributed by atoms with Gasteiger partial charge in [0.15, 0.2) is 5.78 Å². The van der Waals surface area contributed by atoms with E-state index in [-0.39, 0.29) is 18.3 Å². The van der Waals surface area contributed by atoms with Crippen molar-refractivity contribution < 1.29 is 18.8 Å². The summed E-state index contributed by atoms with van der Waals surface area (Å²) in [6.07, 6.45) is 2.02. The van der Waals surface area contributed by atoms with E-state index in [2.05, 4.69) is 10.5 Å². The molecule has 0 spiro atoms. The van der Waals surface area contributed by atoms with Crippen molar-refractivity contribution in [1.82, 2.24) is 5.16 Å². The Balaban J connectivity index is 2.09. The van der Waals surface area contributed by atoms with E-state index in [4.69, 9.17) is 9.26 Å². The molecule has 2 atom stereocenters. The number of ketones is 1. The highest BCUT2D eigenvalue weighted by atomic mass is 16.5. The second kappa shape index (κ2) is 5.90. The Morgan fingerprint density at radius 3 is 2.90 bits per heavy atom. The molecule has 0 bridgehead atoms. The second-order valence-electron chi connectivity index (χ2n) is 4.94. The SMILES string of the molecule is CCOC(=O)[C@@H]1C(=O)C=C(Nc2cc(C)no2)C[C@H]1C. The largest absolute Gasteiger partial charge is 0.465 e.